The Balaban J connectivity index is 1.15. The van der Waals surface area contributed by atoms with Crippen LogP contribution in [0.2, 0.25) is 10.0 Å². The molecule has 45 heavy (non-hydrogen) atoms. The van der Waals surface area contributed by atoms with Crippen LogP contribution < -0.4 is 0 Å². The number of carbonyl (C=O) groups excluding carboxylic acids is 2. The summed E-state index contributed by atoms with van der Waals surface area (Å²) in [6.45, 7) is 5.88. The molecule has 6 rings (SSSR count). The highest BCUT2D eigenvalue weighted by molar-refractivity contribution is 6.42. The average Bonchev–Trinajstić information content (AvgIpc) is 3.61. The molecule has 3 heterocycles. The van der Waals surface area contributed by atoms with E-state index in [0.29, 0.717) is 22.5 Å². The standard InChI is InChI=1S/C38H45Cl2N3O2/c39-33-16-15-32(27-34(33)40)38(18-10-24-43(36(38)45)29-31-13-5-2-6-14-31)17-9-21-41-25-19-37(20-26-41,28-30-11-3-1-4-12-30)35(44)42-22-7-8-23-42/h1-6,11-16,27H,7-10,17-26,28-29H2. The van der Waals surface area contributed by atoms with E-state index in [2.05, 4.69) is 46.2 Å². The Morgan fingerprint density at radius 1 is 0.733 bits per heavy atom. The Labute approximate surface area is 278 Å². The van der Waals surface area contributed by atoms with Gasteiger partial charge in [0.05, 0.1) is 20.9 Å². The van der Waals surface area contributed by atoms with E-state index in [4.69, 9.17) is 23.2 Å². The van der Waals surface area contributed by atoms with Crippen LogP contribution in [0.5, 0.6) is 0 Å². The molecule has 2 amide bonds. The van der Waals surface area contributed by atoms with Crippen molar-refractivity contribution in [2.24, 2.45) is 5.41 Å². The van der Waals surface area contributed by atoms with Gasteiger partial charge < -0.3 is 14.7 Å². The summed E-state index contributed by atoms with van der Waals surface area (Å²) in [5.74, 6) is 0.543. The minimum atomic E-state index is -0.625. The second-order valence-corrected chi connectivity index (χ2v) is 14.2. The third kappa shape index (κ3) is 7.11. The number of rotatable bonds is 10. The van der Waals surface area contributed by atoms with Crippen LogP contribution in [0.1, 0.15) is 68.1 Å². The van der Waals surface area contributed by atoms with Gasteiger partial charge in [-0.3, -0.25) is 9.59 Å². The van der Waals surface area contributed by atoms with E-state index in [1.165, 1.54) is 5.56 Å². The van der Waals surface area contributed by atoms with Crippen LogP contribution in [0.3, 0.4) is 0 Å². The van der Waals surface area contributed by atoms with Gasteiger partial charge in [-0.1, -0.05) is 89.9 Å². The van der Waals surface area contributed by atoms with Gasteiger partial charge in [0.1, 0.15) is 0 Å². The predicted octanol–water partition coefficient (Wildman–Crippen LogP) is 7.78. The molecular formula is C38H45Cl2N3O2. The van der Waals surface area contributed by atoms with Crippen molar-refractivity contribution in [3.63, 3.8) is 0 Å². The van der Waals surface area contributed by atoms with E-state index in [0.717, 1.165) is 108 Å². The van der Waals surface area contributed by atoms with Crippen LogP contribution in [0.25, 0.3) is 0 Å². The van der Waals surface area contributed by atoms with Crippen molar-refractivity contribution < 1.29 is 9.59 Å². The molecule has 3 aliphatic rings. The largest absolute Gasteiger partial charge is 0.342 e. The molecule has 0 bridgehead atoms. The van der Waals surface area contributed by atoms with Crippen molar-refractivity contribution in [1.29, 1.82) is 0 Å². The molecule has 3 fully saturated rings. The first kappa shape index (κ1) is 32.1. The lowest BCUT2D eigenvalue weighted by Crippen LogP contribution is -2.52. The minimum absolute atomic E-state index is 0.188. The van der Waals surface area contributed by atoms with E-state index < -0.39 is 5.41 Å². The Bertz CT molecular complexity index is 1450. The van der Waals surface area contributed by atoms with Crippen LogP contribution in [0.4, 0.5) is 0 Å². The summed E-state index contributed by atoms with van der Waals surface area (Å²) >= 11 is 12.8. The molecule has 1 unspecified atom stereocenters. The maximum absolute atomic E-state index is 14.4. The molecule has 7 heteroatoms. The summed E-state index contributed by atoms with van der Waals surface area (Å²) in [4.78, 5) is 35.0. The normalized spacial score (nSPS) is 22.1. The van der Waals surface area contributed by atoms with E-state index in [-0.39, 0.29) is 11.3 Å². The SMILES string of the molecule is O=C(N1CCCC1)C1(Cc2ccccc2)CCN(CCCC2(c3ccc(Cl)c(Cl)c3)CCCN(Cc3ccccc3)C2=O)CC1. The fourth-order valence-corrected chi connectivity index (χ4v) is 8.29. The number of halogens is 2. The molecular weight excluding hydrogens is 601 g/mol. The van der Waals surface area contributed by atoms with Crippen LogP contribution in [0.15, 0.2) is 78.9 Å². The summed E-state index contributed by atoms with van der Waals surface area (Å²) in [7, 11) is 0. The van der Waals surface area contributed by atoms with Crippen LogP contribution >= 0.6 is 23.2 Å². The molecule has 3 aromatic carbocycles. The smallest absolute Gasteiger partial charge is 0.233 e. The van der Waals surface area contributed by atoms with Crippen molar-refractivity contribution in [3.05, 3.63) is 106 Å². The second-order valence-electron chi connectivity index (χ2n) is 13.4. The zero-order valence-corrected chi connectivity index (χ0v) is 27.7. The molecule has 0 N–H and O–H groups in total. The van der Waals surface area contributed by atoms with Gasteiger partial charge in [0, 0.05) is 26.2 Å². The fraction of sp³-hybridized carbons (Fsp3) is 0.474. The maximum Gasteiger partial charge on any atom is 0.233 e. The first-order valence-corrected chi connectivity index (χ1v) is 17.5. The molecule has 5 nitrogen and oxygen atoms in total. The Hall–Kier alpha value is -2.86. The lowest BCUT2D eigenvalue weighted by Gasteiger charge is -2.44. The molecule has 0 radical (unpaired) electrons. The lowest BCUT2D eigenvalue weighted by atomic mass is 9.70. The van der Waals surface area contributed by atoms with Gasteiger partial charge in [-0.05, 0) is 106 Å². The third-order valence-electron chi connectivity index (χ3n) is 10.5. The Morgan fingerprint density at radius 3 is 2.07 bits per heavy atom. The number of piperidine rings is 2. The van der Waals surface area contributed by atoms with Gasteiger partial charge in [-0.25, -0.2) is 0 Å². The Morgan fingerprint density at radius 2 is 1.40 bits per heavy atom. The number of nitrogens with zero attached hydrogens (tertiary/aromatic N) is 3. The van der Waals surface area contributed by atoms with Gasteiger partial charge in [0.15, 0.2) is 0 Å². The van der Waals surface area contributed by atoms with E-state index in [1.807, 2.05) is 47.4 Å². The highest BCUT2D eigenvalue weighted by Gasteiger charge is 2.46. The van der Waals surface area contributed by atoms with Crippen molar-refractivity contribution in [2.75, 3.05) is 39.3 Å². The van der Waals surface area contributed by atoms with Crippen molar-refractivity contribution in [2.45, 2.75) is 69.7 Å². The number of amides is 2. The summed E-state index contributed by atoms with van der Waals surface area (Å²) in [5, 5.41) is 1.01. The predicted molar refractivity (Wildman–Crippen MR) is 183 cm³/mol. The number of likely N-dealkylation sites (tertiary alicyclic amines) is 3. The second kappa shape index (κ2) is 14.3. The zero-order valence-electron chi connectivity index (χ0n) is 26.2. The molecule has 3 aliphatic heterocycles. The van der Waals surface area contributed by atoms with E-state index in [1.54, 1.807) is 0 Å². The monoisotopic (exact) mass is 645 g/mol. The first-order valence-electron chi connectivity index (χ1n) is 16.7. The number of hydrogen-bond acceptors (Lipinski definition) is 3. The minimum Gasteiger partial charge on any atom is -0.342 e. The number of benzene rings is 3. The molecule has 0 aliphatic carbocycles. The summed E-state index contributed by atoms with van der Waals surface area (Å²) in [5.41, 5.74) is 2.40. The first-order chi connectivity index (χ1) is 21.9. The molecule has 0 spiro atoms. The van der Waals surface area contributed by atoms with Gasteiger partial charge in [-0.2, -0.15) is 0 Å². The fourth-order valence-electron chi connectivity index (χ4n) is 7.99. The topological polar surface area (TPSA) is 43.9 Å². The molecule has 1 atom stereocenters. The highest BCUT2D eigenvalue weighted by atomic mass is 35.5. The van der Waals surface area contributed by atoms with Gasteiger partial charge >= 0.3 is 0 Å². The molecule has 3 aromatic rings. The summed E-state index contributed by atoms with van der Waals surface area (Å²) in [6, 6.07) is 26.5. The molecule has 3 saturated heterocycles. The maximum atomic E-state index is 14.4. The van der Waals surface area contributed by atoms with E-state index in [9.17, 15) is 9.59 Å². The van der Waals surface area contributed by atoms with Crippen LogP contribution in [0, 0.1) is 5.41 Å². The summed E-state index contributed by atoms with van der Waals surface area (Å²) < 4.78 is 0. The van der Waals surface area contributed by atoms with Crippen LogP contribution in [-0.2, 0) is 28.0 Å². The highest BCUT2D eigenvalue weighted by Crippen LogP contribution is 2.43. The lowest BCUT2D eigenvalue weighted by molar-refractivity contribution is -0.144. The van der Waals surface area contributed by atoms with Crippen molar-refractivity contribution in [3.8, 4) is 0 Å². The van der Waals surface area contributed by atoms with E-state index >= 15 is 0 Å². The molecule has 0 saturated carbocycles. The van der Waals surface area contributed by atoms with Crippen molar-refractivity contribution >= 4 is 35.0 Å². The quantitative estimate of drug-likeness (QED) is 0.226. The summed E-state index contributed by atoms with van der Waals surface area (Å²) in [6.07, 6.45) is 8.19. The third-order valence-corrected chi connectivity index (χ3v) is 11.3. The zero-order chi connectivity index (χ0) is 31.3. The van der Waals surface area contributed by atoms with Crippen molar-refractivity contribution in [1.82, 2.24) is 14.7 Å². The molecule has 0 aromatic heterocycles. The van der Waals surface area contributed by atoms with Gasteiger partial charge in [-0.15, -0.1) is 0 Å². The average molecular weight is 647 g/mol. The Kier molecular flexibility index (Phi) is 10.2. The van der Waals surface area contributed by atoms with Gasteiger partial charge in [0.25, 0.3) is 0 Å². The van der Waals surface area contributed by atoms with Gasteiger partial charge in [0.2, 0.25) is 11.8 Å². The van der Waals surface area contributed by atoms with Crippen LogP contribution in [-0.4, -0.2) is 65.8 Å². The number of hydrogen-bond donors (Lipinski definition) is 0. The molecule has 238 valence electrons. The number of carbonyl (C=O) groups is 2.